The van der Waals surface area contributed by atoms with Crippen molar-refractivity contribution in [2.45, 2.75) is 0 Å². The van der Waals surface area contributed by atoms with Crippen molar-refractivity contribution in [3.05, 3.63) is 28.2 Å². The molecule has 1 aromatic rings. The maximum absolute atomic E-state index is 11.4. The van der Waals surface area contributed by atoms with Gasteiger partial charge in [0.15, 0.2) is 0 Å². The Morgan fingerprint density at radius 3 is 2.54 bits per heavy atom. The predicted molar refractivity (Wildman–Crippen MR) is 54.9 cm³/mol. The molecule has 2 rings (SSSR count). The van der Waals surface area contributed by atoms with Crippen molar-refractivity contribution in [3.63, 3.8) is 0 Å². The molecular formula is C8H3Br2NO2. The van der Waals surface area contributed by atoms with Crippen LogP contribution >= 0.6 is 32.1 Å². The molecule has 1 aliphatic rings. The van der Waals surface area contributed by atoms with Gasteiger partial charge < -0.3 is 0 Å². The van der Waals surface area contributed by atoms with E-state index >= 15 is 0 Å². The van der Waals surface area contributed by atoms with Gasteiger partial charge in [0.25, 0.3) is 5.78 Å². The molecule has 1 heterocycles. The van der Waals surface area contributed by atoms with Crippen LogP contribution in [0.3, 0.4) is 0 Å². The SMILES string of the molecule is O=C1C(=O)N(Br)c2cccc(Br)c21. The number of benzene rings is 1. The van der Waals surface area contributed by atoms with Crippen LogP contribution < -0.4 is 3.93 Å². The van der Waals surface area contributed by atoms with E-state index in [1.54, 1.807) is 18.2 Å². The zero-order valence-electron chi connectivity index (χ0n) is 6.25. The Kier molecular flexibility index (Phi) is 2.00. The number of carbonyl (C=O) groups is 2. The van der Waals surface area contributed by atoms with Gasteiger partial charge in [0.05, 0.1) is 27.4 Å². The van der Waals surface area contributed by atoms with Crippen molar-refractivity contribution < 1.29 is 9.59 Å². The van der Waals surface area contributed by atoms with Crippen LogP contribution in [-0.2, 0) is 4.79 Å². The summed E-state index contributed by atoms with van der Waals surface area (Å²) < 4.78 is 1.82. The third-order valence-electron chi connectivity index (χ3n) is 1.80. The highest BCUT2D eigenvalue weighted by molar-refractivity contribution is 9.10. The van der Waals surface area contributed by atoms with E-state index < -0.39 is 11.7 Å². The van der Waals surface area contributed by atoms with Gasteiger partial charge in [0, 0.05) is 4.47 Å². The lowest BCUT2D eigenvalue weighted by Gasteiger charge is -2.04. The second-order valence-electron chi connectivity index (χ2n) is 2.55. The number of fused-ring (bicyclic) bond motifs is 1. The normalized spacial score (nSPS) is 15.1. The van der Waals surface area contributed by atoms with Gasteiger partial charge in [-0.05, 0) is 28.1 Å². The van der Waals surface area contributed by atoms with E-state index in [0.29, 0.717) is 15.7 Å². The molecule has 66 valence electrons. The van der Waals surface area contributed by atoms with Crippen molar-refractivity contribution >= 4 is 49.5 Å². The van der Waals surface area contributed by atoms with Crippen molar-refractivity contribution in [1.29, 1.82) is 0 Å². The quantitative estimate of drug-likeness (QED) is 0.545. The van der Waals surface area contributed by atoms with E-state index in [1.165, 1.54) is 3.93 Å². The van der Waals surface area contributed by atoms with Gasteiger partial charge in [-0.2, -0.15) is 0 Å². The fraction of sp³-hybridized carbons (Fsp3) is 0. The number of halogens is 2. The van der Waals surface area contributed by atoms with E-state index in [9.17, 15) is 9.59 Å². The Bertz CT molecular complexity index is 417. The van der Waals surface area contributed by atoms with Crippen LogP contribution in [0.1, 0.15) is 10.4 Å². The first-order chi connectivity index (χ1) is 6.13. The number of ketones is 1. The average Bonchev–Trinajstić information content (AvgIpc) is 2.33. The van der Waals surface area contributed by atoms with Crippen LogP contribution in [0.4, 0.5) is 5.69 Å². The maximum atomic E-state index is 11.4. The zero-order chi connectivity index (χ0) is 9.59. The molecule has 1 aliphatic heterocycles. The molecule has 0 fully saturated rings. The van der Waals surface area contributed by atoms with Crippen LogP contribution in [0.2, 0.25) is 0 Å². The summed E-state index contributed by atoms with van der Waals surface area (Å²) >= 11 is 6.24. The van der Waals surface area contributed by atoms with Crippen LogP contribution in [0.5, 0.6) is 0 Å². The smallest absolute Gasteiger partial charge is 0.283 e. The number of nitrogens with zero attached hydrogens (tertiary/aromatic N) is 1. The molecule has 0 saturated heterocycles. The minimum atomic E-state index is -0.554. The third kappa shape index (κ3) is 1.14. The Morgan fingerprint density at radius 1 is 1.23 bits per heavy atom. The molecule has 1 aromatic carbocycles. The van der Waals surface area contributed by atoms with E-state index in [4.69, 9.17) is 0 Å². The molecular weight excluding hydrogens is 302 g/mol. The molecule has 1 amide bonds. The number of rotatable bonds is 0. The van der Waals surface area contributed by atoms with Gasteiger partial charge in [0.1, 0.15) is 0 Å². The molecule has 0 saturated carbocycles. The van der Waals surface area contributed by atoms with Crippen LogP contribution in [-0.4, -0.2) is 11.7 Å². The van der Waals surface area contributed by atoms with Crippen molar-refractivity contribution in [2.24, 2.45) is 0 Å². The number of amides is 1. The monoisotopic (exact) mass is 303 g/mol. The lowest BCUT2D eigenvalue weighted by atomic mass is 10.1. The lowest BCUT2D eigenvalue weighted by molar-refractivity contribution is -0.113. The van der Waals surface area contributed by atoms with Crippen LogP contribution in [0.25, 0.3) is 0 Å². The van der Waals surface area contributed by atoms with Gasteiger partial charge in [0.2, 0.25) is 0 Å². The summed E-state index contributed by atoms with van der Waals surface area (Å²) in [5.74, 6) is -1.04. The van der Waals surface area contributed by atoms with E-state index in [2.05, 4.69) is 32.1 Å². The summed E-state index contributed by atoms with van der Waals surface area (Å²) in [4.78, 5) is 22.6. The molecule has 0 aromatic heterocycles. The first kappa shape index (κ1) is 8.90. The lowest BCUT2D eigenvalue weighted by Crippen LogP contribution is -2.19. The number of carbonyl (C=O) groups excluding carboxylic acids is 2. The summed E-state index contributed by atoms with van der Waals surface area (Å²) in [5, 5.41) is 0. The summed E-state index contributed by atoms with van der Waals surface area (Å²) in [6.45, 7) is 0. The predicted octanol–water partition coefficient (Wildman–Crippen LogP) is 2.29. The summed E-state index contributed by atoms with van der Waals surface area (Å²) in [5.41, 5.74) is 1.01. The summed E-state index contributed by atoms with van der Waals surface area (Å²) in [6, 6.07) is 5.21. The van der Waals surface area contributed by atoms with Gasteiger partial charge in [-0.15, -0.1) is 0 Å². The second kappa shape index (κ2) is 2.92. The minimum Gasteiger partial charge on any atom is -0.283 e. The third-order valence-corrected chi connectivity index (χ3v) is 3.17. The molecule has 0 radical (unpaired) electrons. The zero-order valence-corrected chi connectivity index (χ0v) is 9.42. The standard InChI is InChI=1S/C8H3Br2NO2/c9-4-2-1-3-5-6(4)7(12)8(13)11(5)10/h1-3H. The minimum absolute atomic E-state index is 0.421. The Morgan fingerprint density at radius 2 is 1.92 bits per heavy atom. The first-order valence-electron chi connectivity index (χ1n) is 3.46. The molecule has 13 heavy (non-hydrogen) atoms. The van der Waals surface area contributed by atoms with Gasteiger partial charge in [-0.1, -0.05) is 6.07 Å². The highest BCUT2D eigenvalue weighted by Crippen LogP contribution is 2.35. The molecule has 0 spiro atoms. The number of hydrogen-bond acceptors (Lipinski definition) is 2. The average molecular weight is 305 g/mol. The molecule has 0 N–H and O–H groups in total. The Balaban J connectivity index is 2.73. The van der Waals surface area contributed by atoms with Crippen molar-refractivity contribution in [1.82, 2.24) is 0 Å². The number of anilines is 1. The van der Waals surface area contributed by atoms with Crippen LogP contribution in [0.15, 0.2) is 22.7 Å². The number of Topliss-reactive ketones (excluding diaryl/α,β-unsaturated/α-hetero) is 1. The fourth-order valence-electron chi connectivity index (χ4n) is 1.21. The second-order valence-corrected chi connectivity index (χ2v) is 4.11. The summed E-state index contributed by atoms with van der Waals surface area (Å²) in [7, 11) is 0. The van der Waals surface area contributed by atoms with E-state index in [-0.39, 0.29) is 0 Å². The highest BCUT2D eigenvalue weighted by Gasteiger charge is 2.36. The van der Waals surface area contributed by atoms with Crippen molar-refractivity contribution in [2.75, 3.05) is 3.93 Å². The fourth-order valence-corrected chi connectivity index (χ4v) is 2.20. The molecule has 0 atom stereocenters. The number of hydrogen-bond donors (Lipinski definition) is 0. The maximum Gasteiger partial charge on any atom is 0.309 e. The molecule has 0 unspecified atom stereocenters. The van der Waals surface area contributed by atoms with E-state index in [1.807, 2.05) is 0 Å². The topological polar surface area (TPSA) is 37.4 Å². The largest absolute Gasteiger partial charge is 0.309 e. The van der Waals surface area contributed by atoms with Crippen LogP contribution in [0, 0.1) is 0 Å². The highest BCUT2D eigenvalue weighted by atomic mass is 79.9. The van der Waals surface area contributed by atoms with Crippen molar-refractivity contribution in [3.8, 4) is 0 Å². The summed E-state index contributed by atoms with van der Waals surface area (Å²) in [6.07, 6.45) is 0. The first-order valence-corrected chi connectivity index (χ1v) is 4.96. The molecule has 5 heteroatoms. The van der Waals surface area contributed by atoms with Gasteiger partial charge in [-0.3, -0.25) is 9.59 Å². The van der Waals surface area contributed by atoms with Gasteiger partial charge in [-0.25, -0.2) is 3.93 Å². The Labute approximate surface area is 91.2 Å². The van der Waals surface area contributed by atoms with E-state index in [0.717, 1.165) is 0 Å². The Hall–Kier alpha value is -0.680. The van der Waals surface area contributed by atoms with Gasteiger partial charge >= 0.3 is 5.91 Å². The molecule has 0 aliphatic carbocycles. The molecule has 3 nitrogen and oxygen atoms in total. The molecule has 0 bridgehead atoms.